The first-order chi connectivity index (χ1) is 15.4. The van der Waals surface area contributed by atoms with E-state index in [1.165, 1.54) is 60.7 Å². The summed E-state index contributed by atoms with van der Waals surface area (Å²) in [6.45, 7) is 0. The molecule has 1 aliphatic rings. The Hall–Kier alpha value is -4.29. The van der Waals surface area contributed by atoms with E-state index in [9.17, 15) is 14.9 Å². The average Bonchev–Trinajstić information content (AvgIpc) is 2.80. The minimum Gasteiger partial charge on any atom is -0.401 e. The summed E-state index contributed by atoms with van der Waals surface area (Å²) < 4.78 is 45.1. The molecular weight excluding hydrogens is 411 g/mol. The number of nitriles is 2. The first-order valence-electron chi connectivity index (χ1n) is 9.73. The number of benzene rings is 3. The van der Waals surface area contributed by atoms with Crippen molar-refractivity contribution in [3.05, 3.63) is 119 Å². The van der Waals surface area contributed by atoms with E-state index in [1.807, 2.05) is 6.07 Å². The van der Waals surface area contributed by atoms with Gasteiger partial charge in [-0.25, -0.2) is 13.2 Å². The van der Waals surface area contributed by atoms with Crippen LogP contribution >= 0.6 is 0 Å². The van der Waals surface area contributed by atoms with Crippen LogP contribution in [-0.2, 0) is 5.41 Å². The van der Waals surface area contributed by atoms with E-state index < -0.39 is 28.8 Å². The summed E-state index contributed by atoms with van der Waals surface area (Å²) >= 11 is 0. The Kier molecular flexibility index (Phi) is 5.30. The molecule has 3 nitrogen and oxygen atoms in total. The van der Waals surface area contributed by atoms with Crippen molar-refractivity contribution in [1.29, 1.82) is 10.5 Å². The Labute approximate surface area is 183 Å². The summed E-state index contributed by atoms with van der Waals surface area (Å²) in [7, 11) is 0. The van der Waals surface area contributed by atoms with E-state index in [0.717, 1.165) is 0 Å². The van der Waals surface area contributed by atoms with E-state index in [1.54, 1.807) is 18.2 Å². The molecule has 0 spiro atoms. The monoisotopic (exact) mass is 427 g/mol. The van der Waals surface area contributed by atoms with Crippen molar-refractivity contribution < 1.29 is 13.2 Å². The van der Waals surface area contributed by atoms with Gasteiger partial charge in [0.1, 0.15) is 28.8 Å². The standard InChI is InChI=1S/C26H16F3N3/c27-20-10-4-1-7-16(20)24-18(14-30)23(32)13-26(15-31,19-9-3-6-12-22(19)29)25(24)17-8-2-5-11-21(17)28/h1-13,18H,32H2. The Morgan fingerprint density at radius 1 is 0.750 bits per heavy atom. The molecule has 156 valence electrons. The van der Waals surface area contributed by atoms with Crippen LogP contribution < -0.4 is 5.73 Å². The number of nitrogens with zero attached hydrogens (tertiary/aromatic N) is 2. The highest BCUT2D eigenvalue weighted by atomic mass is 19.1. The third-order valence-corrected chi connectivity index (χ3v) is 5.58. The Morgan fingerprint density at radius 2 is 1.28 bits per heavy atom. The van der Waals surface area contributed by atoms with Crippen molar-refractivity contribution in [1.82, 2.24) is 0 Å². The highest BCUT2D eigenvalue weighted by Gasteiger charge is 2.46. The minimum atomic E-state index is -1.90. The van der Waals surface area contributed by atoms with E-state index in [4.69, 9.17) is 5.73 Å². The molecular formula is C26H16F3N3. The van der Waals surface area contributed by atoms with Gasteiger partial charge in [-0.15, -0.1) is 0 Å². The van der Waals surface area contributed by atoms with Gasteiger partial charge < -0.3 is 5.73 Å². The first kappa shape index (κ1) is 21.0. The highest BCUT2D eigenvalue weighted by molar-refractivity contribution is 6.02. The molecule has 4 rings (SSSR count). The third kappa shape index (κ3) is 3.14. The van der Waals surface area contributed by atoms with Crippen LogP contribution in [0, 0.1) is 46.0 Å². The lowest BCUT2D eigenvalue weighted by atomic mass is 9.63. The van der Waals surface area contributed by atoms with E-state index in [0.29, 0.717) is 0 Å². The molecule has 3 aromatic rings. The van der Waals surface area contributed by atoms with Crippen molar-refractivity contribution in [2.75, 3.05) is 0 Å². The lowest BCUT2D eigenvalue weighted by Gasteiger charge is -2.36. The summed E-state index contributed by atoms with van der Waals surface area (Å²) in [6.07, 6.45) is 1.27. The molecule has 0 heterocycles. The number of nitrogens with two attached hydrogens (primary N) is 1. The zero-order valence-corrected chi connectivity index (χ0v) is 16.7. The zero-order valence-electron chi connectivity index (χ0n) is 16.7. The van der Waals surface area contributed by atoms with Gasteiger partial charge >= 0.3 is 0 Å². The summed E-state index contributed by atoms with van der Waals surface area (Å²) in [6, 6.07) is 21.0. The molecule has 0 saturated heterocycles. The van der Waals surface area contributed by atoms with Crippen LogP contribution in [0.4, 0.5) is 13.2 Å². The summed E-state index contributed by atoms with van der Waals surface area (Å²) in [4.78, 5) is 0. The van der Waals surface area contributed by atoms with Gasteiger partial charge in [-0.1, -0.05) is 54.6 Å². The largest absolute Gasteiger partial charge is 0.401 e. The zero-order chi connectivity index (χ0) is 22.9. The number of hydrogen-bond donors (Lipinski definition) is 1. The Morgan fingerprint density at radius 3 is 1.81 bits per heavy atom. The van der Waals surface area contributed by atoms with Crippen LogP contribution in [0.2, 0.25) is 0 Å². The normalized spacial score (nSPS) is 20.3. The molecule has 2 N–H and O–H groups in total. The molecule has 3 aromatic carbocycles. The number of halogens is 3. The van der Waals surface area contributed by atoms with Crippen molar-refractivity contribution >= 4 is 11.1 Å². The first-order valence-corrected chi connectivity index (χ1v) is 9.73. The lowest BCUT2D eigenvalue weighted by Crippen LogP contribution is -2.34. The van der Waals surface area contributed by atoms with Crippen molar-refractivity contribution in [2.24, 2.45) is 11.7 Å². The molecule has 0 aromatic heterocycles. The molecule has 0 bridgehead atoms. The SMILES string of the molecule is N#CC1C(N)=CC(C#N)(c2ccccc2F)C(c2ccccc2F)=C1c1ccccc1F. The quantitative estimate of drug-likeness (QED) is 0.602. The maximum absolute atomic E-state index is 15.1. The van der Waals surface area contributed by atoms with Gasteiger partial charge in [0.15, 0.2) is 0 Å². The van der Waals surface area contributed by atoms with Gasteiger partial charge in [0.2, 0.25) is 0 Å². The third-order valence-electron chi connectivity index (χ3n) is 5.58. The highest BCUT2D eigenvalue weighted by Crippen LogP contribution is 2.52. The van der Waals surface area contributed by atoms with Crippen LogP contribution in [0.25, 0.3) is 11.1 Å². The number of hydrogen-bond acceptors (Lipinski definition) is 3. The van der Waals surface area contributed by atoms with Crippen LogP contribution in [0.3, 0.4) is 0 Å². The lowest BCUT2D eigenvalue weighted by molar-refractivity contribution is 0.592. The average molecular weight is 427 g/mol. The van der Waals surface area contributed by atoms with E-state index >= 15 is 8.78 Å². The smallest absolute Gasteiger partial charge is 0.131 e. The fourth-order valence-electron chi connectivity index (χ4n) is 4.20. The fourth-order valence-corrected chi connectivity index (χ4v) is 4.20. The second-order valence-corrected chi connectivity index (χ2v) is 7.35. The molecule has 0 aliphatic heterocycles. The Balaban J connectivity index is 2.25. The minimum absolute atomic E-state index is 0.00989. The molecule has 0 saturated carbocycles. The van der Waals surface area contributed by atoms with Gasteiger partial charge in [0, 0.05) is 22.4 Å². The molecule has 2 unspecified atom stereocenters. The maximum Gasteiger partial charge on any atom is 0.131 e. The fraction of sp³-hybridized carbons (Fsp3) is 0.0769. The molecule has 2 atom stereocenters. The molecule has 0 amide bonds. The Bertz CT molecular complexity index is 1360. The molecule has 1 aliphatic carbocycles. The van der Waals surface area contributed by atoms with Crippen LogP contribution in [0.1, 0.15) is 16.7 Å². The molecule has 0 radical (unpaired) electrons. The van der Waals surface area contributed by atoms with Gasteiger partial charge in [0.05, 0.1) is 12.1 Å². The van der Waals surface area contributed by atoms with Crippen LogP contribution in [0.15, 0.2) is 84.6 Å². The topological polar surface area (TPSA) is 73.6 Å². The summed E-state index contributed by atoms with van der Waals surface area (Å²) in [5.74, 6) is -3.26. The van der Waals surface area contributed by atoms with Gasteiger partial charge in [-0.3, -0.25) is 0 Å². The van der Waals surface area contributed by atoms with E-state index in [2.05, 4.69) is 6.07 Å². The van der Waals surface area contributed by atoms with Crippen molar-refractivity contribution in [3.63, 3.8) is 0 Å². The number of rotatable bonds is 3. The molecule has 0 fully saturated rings. The summed E-state index contributed by atoms with van der Waals surface area (Å²) in [5, 5.41) is 20.3. The van der Waals surface area contributed by atoms with Gasteiger partial charge in [-0.2, -0.15) is 10.5 Å². The van der Waals surface area contributed by atoms with Crippen molar-refractivity contribution in [3.8, 4) is 12.1 Å². The van der Waals surface area contributed by atoms with Crippen LogP contribution in [0.5, 0.6) is 0 Å². The second-order valence-electron chi connectivity index (χ2n) is 7.35. The number of allylic oxidation sites excluding steroid dienone is 3. The van der Waals surface area contributed by atoms with E-state index in [-0.39, 0.29) is 33.5 Å². The molecule has 32 heavy (non-hydrogen) atoms. The van der Waals surface area contributed by atoms with Gasteiger partial charge in [0.25, 0.3) is 0 Å². The maximum atomic E-state index is 15.1. The second kappa shape index (κ2) is 8.09. The molecule has 6 heteroatoms. The van der Waals surface area contributed by atoms with Gasteiger partial charge in [-0.05, 0) is 35.4 Å². The van der Waals surface area contributed by atoms with Crippen molar-refractivity contribution in [2.45, 2.75) is 5.41 Å². The predicted octanol–water partition coefficient (Wildman–Crippen LogP) is 5.47. The summed E-state index contributed by atoms with van der Waals surface area (Å²) in [5.41, 5.74) is 4.13. The van der Waals surface area contributed by atoms with Crippen LogP contribution in [-0.4, -0.2) is 0 Å². The predicted molar refractivity (Wildman–Crippen MR) is 115 cm³/mol.